The number of carbonyl (C=O) groups is 1. The average molecular weight is 362 g/mol. The third-order valence-corrected chi connectivity index (χ3v) is 6.60. The maximum atomic E-state index is 12.7. The van der Waals surface area contributed by atoms with Crippen LogP contribution in [0.1, 0.15) is 28.3 Å². The molecule has 0 saturated carbocycles. The predicted octanol–water partition coefficient (Wildman–Crippen LogP) is 3.60. The van der Waals surface area contributed by atoms with E-state index in [4.69, 9.17) is 11.6 Å². The molecule has 0 unspecified atom stereocenters. The van der Waals surface area contributed by atoms with Crippen LogP contribution in [-0.2, 0) is 0 Å². The molecular weight excluding hydrogens is 342 g/mol. The van der Waals surface area contributed by atoms with Crippen LogP contribution in [0.2, 0.25) is 5.02 Å². The number of rotatable bonds is 3. The predicted molar refractivity (Wildman–Crippen MR) is 97.7 cm³/mol. The Morgan fingerprint density at radius 3 is 2.75 bits per heavy atom. The van der Waals surface area contributed by atoms with E-state index in [0.29, 0.717) is 15.9 Å². The second kappa shape index (κ2) is 6.47. The molecule has 1 N–H and O–H groups in total. The zero-order valence-electron chi connectivity index (χ0n) is 13.6. The fraction of sp³-hybridized carbons (Fsp3) is 0.444. The summed E-state index contributed by atoms with van der Waals surface area (Å²) >= 11 is 7.71. The number of nitrogens with one attached hydrogen (secondary N) is 1. The van der Waals surface area contributed by atoms with Gasteiger partial charge in [-0.2, -0.15) is 0 Å². The van der Waals surface area contributed by atoms with E-state index in [2.05, 4.69) is 15.2 Å². The van der Waals surface area contributed by atoms with Crippen LogP contribution >= 0.6 is 22.9 Å². The molecule has 3 aliphatic heterocycles. The normalized spacial score (nSPS) is 25.7. The second-order valence-corrected chi connectivity index (χ2v) is 8.04. The van der Waals surface area contributed by atoms with Crippen LogP contribution in [0.15, 0.2) is 24.3 Å². The standard InChI is InChI=1S/C18H20ClN3OS/c1-11-16(13-4-2-3-5-14(13)19)24-18(20-11)17(23)21-15-10-22-8-6-12(15)7-9-22/h2-5,12,15H,6-10H2,1H3,(H,21,23)/t15-/m0/s1. The van der Waals surface area contributed by atoms with Crippen molar-refractivity contribution in [2.45, 2.75) is 25.8 Å². The van der Waals surface area contributed by atoms with E-state index in [1.807, 2.05) is 31.2 Å². The number of aromatic nitrogens is 1. The van der Waals surface area contributed by atoms with Crippen LogP contribution in [0.3, 0.4) is 0 Å². The molecule has 4 nitrogen and oxygen atoms in total. The fourth-order valence-corrected chi connectivity index (χ4v) is 5.04. The molecule has 0 radical (unpaired) electrons. The molecule has 1 amide bonds. The van der Waals surface area contributed by atoms with Gasteiger partial charge in [-0.15, -0.1) is 11.3 Å². The lowest BCUT2D eigenvalue weighted by Gasteiger charge is -2.44. The summed E-state index contributed by atoms with van der Waals surface area (Å²) in [7, 11) is 0. The summed E-state index contributed by atoms with van der Waals surface area (Å²) in [5.41, 5.74) is 1.79. The minimum atomic E-state index is -0.0554. The highest BCUT2D eigenvalue weighted by Crippen LogP contribution is 2.35. The Morgan fingerprint density at radius 2 is 2.08 bits per heavy atom. The fourth-order valence-electron chi connectivity index (χ4n) is 3.75. The zero-order chi connectivity index (χ0) is 16.7. The molecule has 24 heavy (non-hydrogen) atoms. The first-order valence-electron chi connectivity index (χ1n) is 8.37. The third kappa shape index (κ3) is 2.96. The number of fused-ring (bicyclic) bond motifs is 3. The summed E-state index contributed by atoms with van der Waals surface area (Å²) in [6.07, 6.45) is 2.37. The Labute approximate surface area is 150 Å². The molecule has 5 rings (SSSR count). The third-order valence-electron chi connectivity index (χ3n) is 5.08. The largest absolute Gasteiger partial charge is 0.346 e. The molecule has 2 bridgehead atoms. The maximum absolute atomic E-state index is 12.7. The van der Waals surface area contributed by atoms with Gasteiger partial charge in [-0.3, -0.25) is 4.79 Å². The summed E-state index contributed by atoms with van der Waals surface area (Å²) < 4.78 is 0. The SMILES string of the molecule is Cc1nc(C(=O)N[C@H]2CN3CCC2CC3)sc1-c1ccccc1Cl. The van der Waals surface area contributed by atoms with Crippen LogP contribution in [0.5, 0.6) is 0 Å². The van der Waals surface area contributed by atoms with Crippen LogP contribution < -0.4 is 5.32 Å². The second-order valence-electron chi connectivity index (χ2n) is 6.63. The number of halogens is 1. The number of benzene rings is 1. The van der Waals surface area contributed by atoms with Gasteiger partial charge in [0.1, 0.15) is 0 Å². The Kier molecular flexibility index (Phi) is 4.33. The van der Waals surface area contributed by atoms with Crippen LogP contribution in [0.25, 0.3) is 10.4 Å². The van der Waals surface area contributed by atoms with Gasteiger partial charge in [-0.1, -0.05) is 29.8 Å². The van der Waals surface area contributed by atoms with Crippen LogP contribution in [0, 0.1) is 12.8 Å². The highest BCUT2D eigenvalue weighted by Gasteiger charge is 2.35. The molecule has 3 fully saturated rings. The van der Waals surface area contributed by atoms with Gasteiger partial charge in [0.05, 0.1) is 10.6 Å². The van der Waals surface area contributed by atoms with Crippen molar-refractivity contribution in [2.75, 3.05) is 19.6 Å². The highest BCUT2D eigenvalue weighted by molar-refractivity contribution is 7.17. The first-order valence-corrected chi connectivity index (χ1v) is 9.57. The van der Waals surface area contributed by atoms with Gasteiger partial charge in [0.2, 0.25) is 0 Å². The summed E-state index contributed by atoms with van der Waals surface area (Å²) in [4.78, 5) is 20.6. The van der Waals surface area contributed by atoms with Crippen molar-refractivity contribution in [3.05, 3.63) is 40.0 Å². The minimum absolute atomic E-state index is 0.0554. The smallest absolute Gasteiger partial charge is 0.280 e. The molecule has 1 atom stereocenters. The van der Waals surface area contributed by atoms with Gasteiger partial charge in [0.25, 0.3) is 5.91 Å². The average Bonchev–Trinajstić information content (AvgIpc) is 2.98. The molecule has 3 aliphatic rings. The van der Waals surface area contributed by atoms with Crippen molar-refractivity contribution in [2.24, 2.45) is 5.92 Å². The quantitative estimate of drug-likeness (QED) is 0.908. The number of carbonyl (C=O) groups excluding carboxylic acids is 1. The number of hydrogen-bond acceptors (Lipinski definition) is 4. The summed E-state index contributed by atoms with van der Waals surface area (Å²) in [6, 6.07) is 7.95. The molecule has 2 aromatic rings. The molecule has 126 valence electrons. The van der Waals surface area contributed by atoms with Crippen molar-refractivity contribution in [1.29, 1.82) is 0 Å². The van der Waals surface area contributed by atoms with E-state index in [0.717, 1.165) is 22.7 Å². The van der Waals surface area contributed by atoms with Crippen molar-refractivity contribution in [3.8, 4) is 10.4 Å². The van der Waals surface area contributed by atoms with E-state index in [-0.39, 0.29) is 11.9 Å². The van der Waals surface area contributed by atoms with Crippen LogP contribution in [-0.4, -0.2) is 41.5 Å². The van der Waals surface area contributed by atoms with E-state index in [1.54, 1.807) is 0 Å². The molecule has 0 aliphatic carbocycles. The van der Waals surface area contributed by atoms with Gasteiger partial charge >= 0.3 is 0 Å². The number of thiazole rings is 1. The van der Waals surface area contributed by atoms with Crippen molar-refractivity contribution in [3.63, 3.8) is 0 Å². The Bertz CT molecular complexity index is 767. The Morgan fingerprint density at radius 1 is 1.33 bits per heavy atom. The molecule has 0 spiro atoms. The van der Waals surface area contributed by atoms with E-state index >= 15 is 0 Å². The molecule has 1 aromatic heterocycles. The molecule has 6 heteroatoms. The van der Waals surface area contributed by atoms with Crippen LogP contribution in [0.4, 0.5) is 0 Å². The van der Waals surface area contributed by atoms with E-state index in [1.165, 1.54) is 37.3 Å². The van der Waals surface area contributed by atoms with E-state index < -0.39 is 0 Å². The summed E-state index contributed by atoms with van der Waals surface area (Å²) in [5.74, 6) is 0.559. The number of aryl methyl sites for hydroxylation is 1. The highest BCUT2D eigenvalue weighted by atomic mass is 35.5. The molecule has 1 aromatic carbocycles. The Hall–Kier alpha value is -1.43. The van der Waals surface area contributed by atoms with Gasteiger partial charge in [-0.25, -0.2) is 4.98 Å². The molecule has 3 saturated heterocycles. The monoisotopic (exact) mass is 361 g/mol. The van der Waals surface area contributed by atoms with Gasteiger partial charge in [0, 0.05) is 23.2 Å². The van der Waals surface area contributed by atoms with Gasteiger partial charge < -0.3 is 10.2 Å². The van der Waals surface area contributed by atoms with E-state index in [9.17, 15) is 4.79 Å². The maximum Gasteiger partial charge on any atom is 0.280 e. The minimum Gasteiger partial charge on any atom is -0.346 e. The zero-order valence-corrected chi connectivity index (χ0v) is 15.2. The lowest BCUT2D eigenvalue weighted by molar-refractivity contribution is 0.0620. The van der Waals surface area contributed by atoms with Crippen molar-refractivity contribution >= 4 is 28.8 Å². The summed E-state index contributed by atoms with van der Waals surface area (Å²) in [6.45, 7) is 5.24. The van der Waals surface area contributed by atoms with Gasteiger partial charge in [-0.05, 0) is 44.8 Å². The molecular formula is C18H20ClN3OS. The lowest BCUT2D eigenvalue weighted by atomic mass is 9.84. The Balaban J connectivity index is 1.54. The van der Waals surface area contributed by atoms with Gasteiger partial charge in [0.15, 0.2) is 5.01 Å². The molecule has 4 heterocycles. The van der Waals surface area contributed by atoms with Crippen molar-refractivity contribution in [1.82, 2.24) is 15.2 Å². The lowest BCUT2D eigenvalue weighted by Crippen LogP contribution is -2.57. The van der Waals surface area contributed by atoms with Crippen molar-refractivity contribution < 1.29 is 4.79 Å². The topological polar surface area (TPSA) is 45.2 Å². The number of hydrogen-bond donors (Lipinski definition) is 1. The number of nitrogens with zero attached hydrogens (tertiary/aromatic N) is 2. The first-order chi connectivity index (χ1) is 11.6. The number of amides is 1. The number of piperidine rings is 3. The summed E-state index contributed by atoms with van der Waals surface area (Å²) in [5, 5.41) is 4.42. The first kappa shape index (κ1) is 16.1.